The number of nitrogens with zero attached hydrogens (tertiary/aromatic N) is 1. The summed E-state index contributed by atoms with van der Waals surface area (Å²) in [4.78, 5) is 27.6. The minimum Gasteiger partial charge on any atom is -0.352 e. The summed E-state index contributed by atoms with van der Waals surface area (Å²) in [5, 5.41) is 3.75. The van der Waals surface area contributed by atoms with E-state index >= 15 is 0 Å². The van der Waals surface area contributed by atoms with Gasteiger partial charge in [-0.05, 0) is 43.5 Å². The lowest BCUT2D eigenvalue weighted by Gasteiger charge is -2.31. The first kappa shape index (κ1) is 24.6. The molecule has 0 aromatic heterocycles. The van der Waals surface area contributed by atoms with Crippen LogP contribution >= 0.6 is 23.4 Å². The second-order valence-corrected chi connectivity index (χ2v) is 9.68. The summed E-state index contributed by atoms with van der Waals surface area (Å²) in [5.74, 6) is 0.0783. The van der Waals surface area contributed by atoms with Crippen molar-refractivity contribution in [1.82, 2.24) is 10.2 Å². The molecule has 1 aliphatic carbocycles. The summed E-state index contributed by atoms with van der Waals surface area (Å²) < 4.78 is 14.3. The maximum absolute atomic E-state index is 14.3. The van der Waals surface area contributed by atoms with Crippen molar-refractivity contribution < 1.29 is 14.0 Å². The molecule has 0 unspecified atom stereocenters. The lowest BCUT2D eigenvalue weighted by molar-refractivity contribution is -0.139. The number of rotatable bonds is 9. The average molecular weight is 477 g/mol. The molecule has 1 aliphatic rings. The lowest BCUT2D eigenvalue weighted by Crippen LogP contribution is -2.51. The third kappa shape index (κ3) is 7.24. The smallest absolute Gasteiger partial charge is 0.242 e. The third-order valence-corrected chi connectivity index (χ3v) is 7.02. The van der Waals surface area contributed by atoms with Gasteiger partial charge in [-0.2, -0.15) is 0 Å². The number of amides is 2. The maximum atomic E-state index is 14.3. The summed E-state index contributed by atoms with van der Waals surface area (Å²) in [6.07, 6.45) is 5.35. The van der Waals surface area contributed by atoms with Crippen LogP contribution < -0.4 is 5.32 Å². The Morgan fingerprint density at radius 3 is 2.62 bits per heavy atom. The summed E-state index contributed by atoms with van der Waals surface area (Å²) in [6.45, 7) is 1.78. The molecule has 2 aromatic rings. The number of carbonyl (C=O) groups is 2. The minimum atomic E-state index is -0.684. The van der Waals surface area contributed by atoms with Gasteiger partial charge < -0.3 is 10.2 Å². The summed E-state index contributed by atoms with van der Waals surface area (Å²) in [5.41, 5.74) is 1.43. The van der Waals surface area contributed by atoms with Crippen LogP contribution in [0.4, 0.5) is 4.39 Å². The predicted octanol–water partition coefficient (Wildman–Crippen LogP) is 5.58. The summed E-state index contributed by atoms with van der Waals surface area (Å²) in [6, 6.07) is 13.4. The molecule has 0 heterocycles. The molecule has 3 rings (SSSR count). The van der Waals surface area contributed by atoms with Crippen LogP contribution in [0.15, 0.2) is 48.5 Å². The molecular formula is C25H30ClFN2O2S. The van der Waals surface area contributed by atoms with E-state index in [9.17, 15) is 14.0 Å². The lowest BCUT2D eigenvalue weighted by atomic mass is 9.95. The van der Waals surface area contributed by atoms with Crippen LogP contribution in [0.3, 0.4) is 0 Å². The van der Waals surface area contributed by atoms with E-state index in [1.807, 2.05) is 24.3 Å². The molecule has 2 aromatic carbocycles. The highest BCUT2D eigenvalue weighted by Crippen LogP contribution is 2.21. The van der Waals surface area contributed by atoms with Crippen LogP contribution in [-0.2, 0) is 21.9 Å². The topological polar surface area (TPSA) is 49.4 Å². The number of hydrogen-bond donors (Lipinski definition) is 1. The van der Waals surface area contributed by atoms with Crippen molar-refractivity contribution in [3.05, 3.63) is 70.5 Å². The molecule has 0 radical (unpaired) electrons. The molecule has 0 aliphatic heterocycles. The van der Waals surface area contributed by atoms with E-state index in [-0.39, 0.29) is 36.0 Å². The SMILES string of the molecule is C[C@@H](C(=O)NC1CCCCC1)N(Cc1ccccc1F)C(=O)CSCc1cccc(Cl)c1. The minimum absolute atomic E-state index is 0.0580. The third-order valence-electron chi connectivity index (χ3n) is 5.80. The number of hydrogen-bond acceptors (Lipinski definition) is 3. The highest BCUT2D eigenvalue weighted by molar-refractivity contribution is 7.99. The van der Waals surface area contributed by atoms with E-state index < -0.39 is 6.04 Å². The highest BCUT2D eigenvalue weighted by atomic mass is 35.5. The van der Waals surface area contributed by atoms with Crippen LogP contribution in [0, 0.1) is 5.82 Å². The van der Waals surface area contributed by atoms with Crippen molar-refractivity contribution in [3.8, 4) is 0 Å². The maximum Gasteiger partial charge on any atom is 0.242 e. The van der Waals surface area contributed by atoms with E-state index in [0.29, 0.717) is 16.3 Å². The predicted molar refractivity (Wildman–Crippen MR) is 129 cm³/mol. The molecular weight excluding hydrogens is 447 g/mol. The molecule has 4 nitrogen and oxygen atoms in total. The number of nitrogens with one attached hydrogen (secondary N) is 1. The Bertz CT molecular complexity index is 920. The van der Waals surface area contributed by atoms with Gasteiger partial charge in [-0.1, -0.05) is 61.2 Å². The first-order valence-electron chi connectivity index (χ1n) is 11.1. The van der Waals surface area contributed by atoms with Gasteiger partial charge in [-0.25, -0.2) is 4.39 Å². The van der Waals surface area contributed by atoms with E-state index in [1.54, 1.807) is 25.1 Å². The van der Waals surface area contributed by atoms with E-state index in [2.05, 4.69) is 5.32 Å². The molecule has 0 spiro atoms. The monoisotopic (exact) mass is 476 g/mol. The van der Waals surface area contributed by atoms with Crippen LogP contribution in [0.1, 0.15) is 50.2 Å². The van der Waals surface area contributed by atoms with Gasteiger partial charge in [0, 0.05) is 28.9 Å². The van der Waals surface area contributed by atoms with Crippen LogP contribution in [0.25, 0.3) is 0 Å². The van der Waals surface area contributed by atoms with Gasteiger partial charge in [-0.3, -0.25) is 9.59 Å². The van der Waals surface area contributed by atoms with Crippen molar-refractivity contribution in [2.24, 2.45) is 0 Å². The Kier molecular flexibility index (Phi) is 9.42. The zero-order chi connectivity index (χ0) is 22.9. The Morgan fingerprint density at radius 1 is 1.16 bits per heavy atom. The molecule has 0 bridgehead atoms. The quantitative estimate of drug-likeness (QED) is 0.514. The van der Waals surface area contributed by atoms with Gasteiger partial charge in [-0.15, -0.1) is 11.8 Å². The zero-order valence-corrected chi connectivity index (χ0v) is 19.9. The molecule has 32 heavy (non-hydrogen) atoms. The van der Waals surface area contributed by atoms with E-state index in [0.717, 1.165) is 31.2 Å². The molecule has 172 valence electrons. The molecule has 1 fully saturated rings. The second-order valence-electron chi connectivity index (χ2n) is 8.26. The van der Waals surface area contributed by atoms with Crippen LogP contribution in [0.5, 0.6) is 0 Å². The van der Waals surface area contributed by atoms with Crippen molar-refractivity contribution >= 4 is 35.2 Å². The molecule has 1 saturated carbocycles. The highest BCUT2D eigenvalue weighted by Gasteiger charge is 2.28. The van der Waals surface area contributed by atoms with Gasteiger partial charge in [0.15, 0.2) is 0 Å². The summed E-state index contributed by atoms with van der Waals surface area (Å²) in [7, 11) is 0. The molecule has 0 saturated heterocycles. The largest absolute Gasteiger partial charge is 0.352 e. The van der Waals surface area contributed by atoms with Gasteiger partial charge in [0.05, 0.1) is 5.75 Å². The molecule has 1 N–H and O–H groups in total. The fourth-order valence-corrected chi connectivity index (χ4v) is 5.00. The van der Waals surface area contributed by atoms with Crippen LogP contribution in [0.2, 0.25) is 5.02 Å². The fourth-order valence-electron chi connectivity index (χ4n) is 3.93. The zero-order valence-electron chi connectivity index (χ0n) is 18.4. The molecule has 7 heteroatoms. The van der Waals surface area contributed by atoms with Gasteiger partial charge in [0.1, 0.15) is 11.9 Å². The standard InChI is InChI=1S/C25H30ClFN2O2S/c1-18(25(31)28-22-11-3-2-4-12-22)29(15-20-9-5-6-13-23(20)27)24(30)17-32-16-19-8-7-10-21(26)14-19/h5-10,13-14,18,22H,2-4,11-12,15-17H2,1H3,(H,28,31)/t18-/m0/s1. The Labute approximate surface area is 198 Å². The van der Waals surface area contributed by atoms with Crippen molar-refractivity contribution in [3.63, 3.8) is 0 Å². The van der Waals surface area contributed by atoms with E-state index in [4.69, 9.17) is 11.6 Å². The van der Waals surface area contributed by atoms with Crippen LogP contribution in [-0.4, -0.2) is 34.6 Å². The Hall–Kier alpha value is -2.05. The Morgan fingerprint density at radius 2 is 1.91 bits per heavy atom. The van der Waals surface area contributed by atoms with Gasteiger partial charge in [0.2, 0.25) is 11.8 Å². The van der Waals surface area contributed by atoms with Crippen molar-refractivity contribution in [1.29, 1.82) is 0 Å². The first-order chi connectivity index (χ1) is 15.4. The number of halogens is 2. The Balaban J connectivity index is 1.66. The normalized spacial score (nSPS) is 15.2. The number of benzene rings is 2. The number of thioether (sulfide) groups is 1. The second kappa shape index (κ2) is 12.3. The molecule has 2 amide bonds. The molecule has 1 atom stereocenters. The van der Waals surface area contributed by atoms with E-state index in [1.165, 1.54) is 29.1 Å². The average Bonchev–Trinajstić information content (AvgIpc) is 2.78. The summed E-state index contributed by atoms with van der Waals surface area (Å²) >= 11 is 7.49. The van der Waals surface area contributed by atoms with Gasteiger partial charge >= 0.3 is 0 Å². The van der Waals surface area contributed by atoms with Crippen molar-refractivity contribution in [2.45, 2.75) is 63.4 Å². The fraction of sp³-hybridized carbons (Fsp3) is 0.440. The van der Waals surface area contributed by atoms with Crippen molar-refractivity contribution in [2.75, 3.05) is 5.75 Å². The number of carbonyl (C=O) groups excluding carboxylic acids is 2. The van der Waals surface area contributed by atoms with Gasteiger partial charge in [0.25, 0.3) is 0 Å². The first-order valence-corrected chi connectivity index (χ1v) is 12.6.